The average molecular weight is 354 g/mol. The molecule has 26 heavy (non-hydrogen) atoms. The lowest BCUT2D eigenvalue weighted by atomic mass is 10.1. The second kappa shape index (κ2) is 8.24. The molecule has 1 aliphatic rings. The van der Waals surface area contributed by atoms with E-state index in [9.17, 15) is 4.79 Å². The zero-order chi connectivity index (χ0) is 18.5. The van der Waals surface area contributed by atoms with Crippen molar-refractivity contribution in [2.45, 2.75) is 26.2 Å². The van der Waals surface area contributed by atoms with E-state index in [1.165, 1.54) is 17.4 Å². The third-order valence-corrected chi connectivity index (χ3v) is 5.06. The molecule has 1 aromatic heterocycles. The first-order valence-electron chi connectivity index (χ1n) is 9.27. The molecule has 1 aromatic carbocycles. The zero-order valence-corrected chi connectivity index (χ0v) is 15.4. The molecule has 2 aromatic rings. The van der Waals surface area contributed by atoms with Crippen molar-refractivity contribution in [2.75, 3.05) is 32.8 Å². The van der Waals surface area contributed by atoms with Crippen molar-refractivity contribution in [3.05, 3.63) is 41.4 Å². The first kappa shape index (κ1) is 18.3. The predicted molar refractivity (Wildman–Crippen MR) is 103 cm³/mol. The van der Waals surface area contributed by atoms with Crippen molar-refractivity contribution < 1.29 is 9.53 Å². The molecular formula is C20H26N4O2. The van der Waals surface area contributed by atoms with Gasteiger partial charge in [0.25, 0.3) is 0 Å². The minimum absolute atomic E-state index is 0.345. The van der Waals surface area contributed by atoms with Crippen molar-refractivity contribution in [1.82, 2.24) is 15.2 Å². The molecule has 1 heterocycles. The van der Waals surface area contributed by atoms with Crippen LogP contribution in [0, 0.1) is 12.5 Å². The lowest BCUT2D eigenvalue weighted by Gasteiger charge is -2.20. The highest BCUT2D eigenvalue weighted by Crippen LogP contribution is 2.50. The molecule has 0 saturated heterocycles. The topological polar surface area (TPSA) is 61.7 Å². The second-order valence-corrected chi connectivity index (χ2v) is 6.73. The van der Waals surface area contributed by atoms with Crippen LogP contribution in [0.3, 0.4) is 0 Å². The fourth-order valence-corrected chi connectivity index (χ4v) is 3.55. The number of fused-ring (bicyclic) bond motifs is 1. The highest BCUT2D eigenvalue weighted by atomic mass is 16.5. The number of carbonyl (C=O) groups excluding carboxylic acids is 1. The number of aromatic amines is 1. The number of rotatable bonds is 8. The lowest BCUT2D eigenvalue weighted by molar-refractivity contribution is 0.150. The third kappa shape index (κ3) is 4.17. The molecule has 6 heteroatoms. The van der Waals surface area contributed by atoms with E-state index in [0.717, 1.165) is 25.2 Å². The Hall–Kier alpha value is -2.52. The van der Waals surface area contributed by atoms with Crippen LogP contribution in [0.15, 0.2) is 24.4 Å². The number of carbonyl (C=O) groups is 1. The molecule has 138 valence electrons. The fourth-order valence-electron chi connectivity index (χ4n) is 3.55. The number of aromatic nitrogens is 1. The van der Waals surface area contributed by atoms with Gasteiger partial charge in [-0.1, -0.05) is 13.0 Å². The van der Waals surface area contributed by atoms with Crippen LogP contribution in [0.2, 0.25) is 0 Å². The van der Waals surface area contributed by atoms with E-state index in [-0.39, 0.29) is 6.09 Å². The van der Waals surface area contributed by atoms with Crippen molar-refractivity contribution in [3.8, 4) is 0 Å². The van der Waals surface area contributed by atoms with E-state index in [0.29, 0.717) is 30.7 Å². The summed E-state index contributed by atoms with van der Waals surface area (Å²) in [6.45, 7) is 15.0. The van der Waals surface area contributed by atoms with Gasteiger partial charge in [0.05, 0.1) is 13.2 Å². The number of nitrogens with zero attached hydrogens (tertiary/aromatic N) is 2. The number of H-pyrrole nitrogens is 1. The van der Waals surface area contributed by atoms with Gasteiger partial charge in [-0.2, -0.15) is 0 Å². The van der Waals surface area contributed by atoms with E-state index in [2.05, 4.69) is 33.2 Å². The minimum Gasteiger partial charge on any atom is -0.450 e. The molecule has 1 fully saturated rings. The third-order valence-electron chi connectivity index (χ3n) is 5.06. The summed E-state index contributed by atoms with van der Waals surface area (Å²) >= 11 is 0. The van der Waals surface area contributed by atoms with Crippen LogP contribution in [0.1, 0.15) is 31.7 Å². The zero-order valence-electron chi connectivity index (χ0n) is 15.4. The number of alkyl carbamates (subject to hydrolysis) is 1. The van der Waals surface area contributed by atoms with Crippen molar-refractivity contribution in [2.24, 2.45) is 5.92 Å². The summed E-state index contributed by atoms with van der Waals surface area (Å²) in [7, 11) is 0. The van der Waals surface area contributed by atoms with Gasteiger partial charge in [-0.15, -0.1) is 0 Å². The molecule has 2 atom stereocenters. The normalized spacial score (nSPS) is 18.7. The minimum atomic E-state index is -0.345. The largest absolute Gasteiger partial charge is 0.450 e. The lowest BCUT2D eigenvalue weighted by Crippen LogP contribution is -2.36. The van der Waals surface area contributed by atoms with Gasteiger partial charge in [0.1, 0.15) is 0 Å². The molecule has 0 bridgehead atoms. The van der Waals surface area contributed by atoms with Crippen molar-refractivity contribution >= 4 is 22.7 Å². The summed E-state index contributed by atoms with van der Waals surface area (Å²) in [6, 6.07) is 5.84. The number of likely N-dealkylation sites (N-methyl/N-ethyl adjacent to an activating group) is 1. The summed E-state index contributed by atoms with van der Waals surface area (Å²) in [4.78, 5) is 20.6. The summed E-state index contributed by atoms with van der Waals surface area (Å²) < 4.78 is 4.88. The highest BCUT2D eigenvalue weighted by molar-refractivity contribution is 5.87. The summed E-state index contributed by atoms with van der Waals surface area (Å²) in [5, 5.41) is 3.96. The Bertz CT molecular complexity index is 808. The van der Waals surface area contributed by atoms with Crippen LogP contribution in [0.25, 0.3) is 15.7 Å². The van der Waals surface area contributed by atoms with Crippen LogP contribution < -0.4 is 5.32 Å². The predicted octanol–water partition coefficient (Wildman–Crippen LogP) is 3.89. The first-order valence-corrected chi connectivity index (χ1v) is 9.27. The van der Waals surface area contributed by atoms with E-state index >= 15 is 0 Å². The number of benzene rings is 1. The SMILES string of the molecule is [C-]#[N+]c1ccc2[nH]cc(C3CC3CN(CC)CCNC(=O)OCC)c2c1. The van der Waals surface area contributed by atoms with Gasteiger partial charge in [-0.3, -0.25) is 0 Å². The maximum absolute atomic E-state index is 11.4. The van der Waals surface area contributed by atoms with E-state index in [4.69, 9.17) is 11.3 Å². The van der Waals surface area contributed by atoms with Gasteiger partial charge in [0, 0.05) is 31.3 Å². The van der Waals surface area contributed by atoms with E-state index in [1.54, 1.807) is 6.92 Å². The van der Waals surface area contributed by atoms with Crippen LogP contribution >= 0.6 is 0 Å². The standard InChI is InChI=1S/C20H26N4O2/c1-4-24(9-8-22-20(25)26-5-2)13-14-10-16(14)18-12-23-19-7-6-15(21-3)11-17(18)19/h6-7,11-12,14,16,23H,4-5,8-10,13H2,1-2H3,(H,22,25). The first-order chi connectivity index (χ1) is 12.7. The molecule has 2 unspecified atom stereocenters. The smallest absolute Gasteiger partial charge is 0.407 e. The molecule has 1 saturated carbocycles. The van der Waals surface area contributed by atoms with E-state index < -0.39 is 0 Å². The summed E-state index contributed by atoms with van der Waals surface area (Å²) in [5.74, 6) is 1.19. The molecule has 0 radical (unpaired) electrons. The van der Waals surface area contributed by atoms with Gasteiger partial charge in [-0.05, 0) is 54.8 Å². The summed E-state index contributed by atoms with van der Waals surface area (Å²) in [6.07, 6.45) is 2.93. The number of hydrogen-bond donors (Lipinski definition) is 2. The molecule has 1 aliphatic carbocycles. The van der Waals surface area contributed by atoms with Crippen molar-refractivity contribution in [1.29, 1.82) is 0 Å². The Kier molecular flexibility index (Phi) is 5.79. The molecule has 6 nitrogen and oxygen atoms in total. The molecule has 2 N–H and O–H groups in total. The van der Waals surface area contributed by atoms with Gasteiger partial charge < -0.3 is 19.9 Å². The quantitative estimate of drug-likeness (QED) is 0.707. The Morgan fingerprint density at radius 1 is 1.46 bits per heavy atom. The molecule has 0 spiro atoms. The van der Waals surface area contributed by atoms with Crippen LogP contribution in [0.5, 0.6) is 0 Å². The van der Waals surface area contributed by atoms with Crippen molar-refractivity contribution in [3.63, 3.8) is 0 Å². The van der Waals surface area contributed by atoms with Gasteiger partial charge in [0.15, 0.2) is 5.69 Å². The van der Waals surface area contributed by atoms with Gasteiger partial charge >= 0.3 is 6.09 Å². The number of amides is 1. The Morgan fingerprint density at radius 2 is 2.31 bits per heavy atom. The number of ether oxygens (including phenoxy) is 1. The number of nitrogens with one attached hydrogen (secondary N) is 2. The highest BCUT2D eigenvalue weighted by Gasteiger charge is 2.40. The van der Waals surface area contributed by atoms with E-state index in [1.807, 2.05) is 18.2 Å². The molecule has 1 amide bonds. The Morgan fingerprint density at radius 3 is 3.04 bits per heavy atom. The monoisotopic (exact) mass is 354 g/mol. The fraction of sp³-hybridized carbons (Fsp3) is 0.500. The van der Waals surface area contributed by atoms with Crippen LogP contribution in [-0.2, 0) is 4.74 Å². The maximum atomic E-state index is 11.4. The Labute approximate surface area is 154 Å². The molecule has 3 rings (SSSR count). The molecule has 0 aliphatic heterocycles. The van der Waals surface area contributed by atoms with Crippen LogP contribution in [-0.4, -0.2) is 48.8 Å². The van der Waals surface area contributed by atoms with Gasteiger partial charge in [-0.25, -0.2) is 9.64 Å². The number of hydrogen-bond acceptors (Lipinski definition) is 3. The van der Waals surface area contributed by atoms with Gasteiger partial charge in [0.2, 0.25) is 0 Å². The summed E-state index contributed by atoms with van der Waals surface area (Å²) in [5.41, 5.74) is 3.12. The second-order valence-electron chi connectivity index (χ2n) is 6.73. The van der Waals surface area contributed by atoms with Crippen LogP contribution in [0.4, 0.5) is 10.5 Å². The molecular weight excluding hydrogens is 328 g/mol. The Balaban J connectivity index is 1.55. The average Bonchev–Trinajstić information content (AvgIpc) is 3.28. The maximum Gasteiger partial charge on any atom is 0.407 e.